The molecule has 0 saturated heterocycles. The van der Waals surface area contributed by atoms with E-state index in [9.17, 15) is 13.2 Å². The third-order valence-corrected chi connectivity index (χ3v) is 6.24. The number of nitrogens with two attached hydrogens (primary N) is 1. The summed E-state index contributed by atoms with van der Waals surface area (Å²) < 4.78 is 44.1. The molecule has 4 aromatic rings. The lowest BCUT2D eigenvalue weighted by Crippen LogP contribution is -2.07. The minimum Gasteiger partial charge on any atom is -0.383 e. The molecule has 0 fully saturated rings. The quantitative estimate of drug-likeness (QED) is 0.269. The highest BCUT2D eigenvalue weighted by atomic mass is 19.2. The predicted molar refractivity (Wildman–Crippen MR) is 139 cm³/mol. The summed E-state index contributed by atoms with van der Waals surface area (Å²) in [5.41, 5.74) is 10.8. The van der Waals surface area contributed by atoms with Gasteiger partial charge in [0.2, 0.25) is 0 Å². The average Bonchev–Trinajstić information content (AvgIpc) is 2.89. The second-order valence-corrected chi connectivity index (χ2v) is 8.62. The van der Waals surface area contributed by atoms with Gasteiger partial charge in [0.15, 0.2) is 11.6 Å². The molecule has 0 saturated carbocycles. The molecule has 2 nitrogen and oxygen atoms in total. The lowest BCUT2D eigenvalue weighted by molar-refractivity contribution is 0.512. The molecule has 0 aliphatic carbocycles. The molecule has 0 amide bonds. The Kier molecular flexibility index (Phi) is 7.57. The average molecular weight is 475 g/mol. The molecule has 0 radical (unpaired) electrons. The number of hydrogen-bond acceptors (Lipinski definition) is 2. The van der Waals surface area contributed by atoms with Crippen molar-refractivity contribution in [3.63, 3.8) is 0 Å². The molecule has 3 N–H and O–H groups in total. The second kappa shape index (κ2) is 10.8. The van der Waals surface area contributed by atoms with Gasteiger partial charge in [0.25, 0.3) is 0 Å². The molecular formula is C30H29F3N2. The van der Waals surface area contributed by atoms with Gasteiger partial charge in [-0.25, -0.2) is 13.2 Å². The first-order valence-electron chi connectivity index (χ1n) is 11.9. The van der Waals surface area contributed by atoms with Gasteiger partial charge < -0.3 is 11.1 Å². The highest BCUT2D eigenvalue weighted by Gasteiger charge is 2.17. The maximum atomic E-state index is 15.0. The van der Waals surface area contributed by atoms with Crippen LogP contribution in [0.4, 0.5) is 18.9 Å². The van der Waals surface area contributed by atoms with Crippen molar-refractivity contribution in [2.24, 2.45) is 5.73 Å². The number of rotatable bonds is 8. The van der Waals surface area contributed by atoms with Gasteiger partial charge in [-0.3, -0.25) is 0 Å². The molecule has 35 heavy (non-hydrogen) atoms. The smallest absolute Gasteiger partial charge is 0.182 e. The lowest BCUT2D eigenvalue weighted by Gasteiger charge is -2.12. The SMILES string of the molecule is CCCNc1ccc(-c2ccc(-c3ccc(-c4ccc(C(N)CC)cc4)cc3)cc2F)c(F)c1F. The molecule has 1 unspecified atom stereocenters. The normalized spacial score (nSPS) is 11.9. The van der Waals surface area contributed by atoms with E-state index in [0.717, 1.165) is 35.1 Å². The molecule has 0 aromatic heterocycles. The van der Waals surface area contributed by atoms with E-state index >= 15 is 0 Å². The fraction of sp³-hybridized carbons (Fsp3) is 0.200. The summed E-state index contributed by atoms with van der Waals surface area (Å²) in [5, 5.41) is 2.84. The Labute approximate surface area is 204 Å². The molecule has 4 aromatic carbocycles. The van der Waals surface area contributed by atoms with Crippen LogP contribution in [0.1, 0.15) is 38.3 Å². The second-order valence-electron chi connectivity index (χ2n) is 8.62. The van der Waals surface area contributed by atoms with Crippen molar-refractivity contribution in [1.82, 2.24) is 0 Å². The summed E-state index contributed by atoms with van der Waals surface area (Å²) >= 11 is 0. The molecular weight excluding hydrogens is 445 g/mol. The van der Waals surface area contributed by atoms with Crippen molar-refractivity contribution in [3.8, 4) is 33.4 Å². The van der Waals surface area contributed by atoms with Gasteiger partial charge in [-0.05, 0) is 58.9 Å². The van der Waals surface area contributed by atoms with Crippen LogP contribution in [0.25, 0.3) is 33.4 Å². The van der Waals surface area contributed by atoms with Gasteiger partial charge >= 0.3 is 0 Å². The van der Waals surface area contributed by atoms with Crippen molar-refractivity contribution in [2.45, 2.75) is 32.7 Å². The summed E-state index contributed by atoms with van der Waals surface area (Å²) in [5.74, 6) is -2.67. The van der Waals surface area contributed by atoms with Gasteiger partial charge in [-0.1, -0.05) is 74.5 Å². The fourth-order valence-corrected chi connectivity index (χ4v) is 4.08. The summed E-state index contributed by atoms with van der Waals surface area (Å²) in [6.45, 7) is 4.51. The summed E-state index contributed by atoms with van der Waals surface area (Å²) in [6, 6.07) is 23.4. The first-order chi connectivity index (χ1) is 16.9. The van der Waals surface area contributed by atoms with Crippen molar-refractivity contribution < 1.29 is 13.2 Å². The third kappa shape index (κ3) is 5.25. The van der Waals surface area contributed by atoms with Crippen LogP contribution in [0.15, 0.2) is 78.9 Å². The Morgan fingerprint density at radius 3 is 1.80 bits per heavy atom. The zero-order valence-electron chi connectivity index (χ0n) is 19.9. The molecule has 0 bridgehead atoms. The summed E-state index contributed by atoms with van der Waals surface area (Å²) in [4.78, 5) is 0. The van der Waals surface area contributed by atoms with Crippen LogP contribution < -0.4 is 11.1 Å². The standard InChI is InChI=1S/C30H29F3N2/c1-3-17-35-28-16-15-25(29(32)30(28)33)24-14-13-23(18-26(24)31)21-7-5-19(6-8-21)20-9-11-22(12-10-20)27(34)4-2/h5-16,18,27,35H,3-4,17,34H2,1-2H3. The van der Waals surface area contributed by atoms with Crippen LogP contribution >= 0.6 is 0 Å². The highest BCUT2D eigenvalue weighted by Crippen LogP contribution is 2.33. The highest BCUT2D eigenvalue weighted by molar-refractivity contribution is 5.74. The van der Waals surface area contributed by atoms with Crippen LogP contribution in [0, 0.1) is 17.5 Å². The number of nitrogens with one attached hydrogen (secondary N) is 1. The van der Waals surface area contributed by atoms with Crippen molar-refractivity contribution in [1.29, 1.82) is 0 Å². The number of halogens is 3. The maximum absolute atomic E-state index is 15.0. The Balaban J connectivity index is 1.57. The zero-order chi connectivity index (χ0) is 24.9. The van der Waals surface area contributed by atoms with Crippen LogP contribution in [-0.2, 0) is 0 Å². The Hall–Kier alpha value is -3.57. The van der Waals surface area contributed by atoms with Crippen LogP contribution in [0.2, 0.25) is 0 Å². The van der Waals surface area contributed by atoms with Crippen molar-refractivity contribution in [2.75, 3.05) is 11.9 Å². The van der Waals surface area contributed by atoms with E-state index in [-0.39, 0.29) is 22.9 Å². The largest absolute Gasteiger partial charge is 0.383 e. The number of benzene rings is 4. The lowest BCUT2D eigenvalue weighted by atomic mass is 9.96. The van der Waals surface area contributed by atoms with Gasteiger partial charge in [0, 0.05) is 23.7 Å². The Morgan fingerprint density at radius 2 is 1.23 bits per heavy atom. The molecule has 180 valence electrons. The molecule has 0 spiro atoms. The van der Waals surface area contributed by atoms with E-state index in [4.69, 9.17) is 5.73 Å². The molecule has 0 aliphatic rings. The van der Waals surface area contributed by atoms with E-state index in [1.54, 1.807) is 6.07 Å². The van der Waals surface area contributed by atoms with E-state index in [1.807, 2.05) is 55.5 Å². The van der Waals surface area contributed by atoms with Crippen LogP contribution in [-0.4, -0.2) is 6.54 Å². The third-order valence-electron chi connectivity index (χ3n) is 6.24. The van der Waals surface area contributed by atoms with Gasteiger partial charge in [-0.15, -0.1) is 0 Å². The minimum absolute atomic E-state index is 0.0224. The van der Waals surface area contributed by atoms with Gasteiger partial charge in [-0.2, -0.15) is 0 Å². The minimum atomic E-state index is -1.06. The first-order valence-corrected chi connectivity index (χ1v) is 11.9. The zero-order valence-corrected chi connectivity index (χ0v) is 19.9. The molecule has 0 aliphatic heterocycles. The summed E-state index contributed by atoms with van der Waals surface area (Å²) in [7, 11) is 0. The van der Waals surface area contributed by atoms with Crippen molar-refractivity contribution in [3.05, 3.63) is 102 Å². The van der Waals surface area contributed by atoms with Gasteiger partial charge in [0.05, 0.1) is 5.69 Å². The van der Waals surface area contributed by atoms with E-state index in [2.05, 4.69) is 12.2 Å². The Morgan fingerprint density at radius 1 is 0.686 bits per heavy atom. The number of anilines is 1. The number of hydrogen-bond donors (Lipinski definition) is 2. The van der Waals surface area contributed by atoms with E-state index in [1.165, 1.54) is 24.3 Å². The molecule has 1 atom stereocenters. The Bertz CT molecular complexity index is 1300. The monoisotopic (exact) mass is 474 g/mol. The van der Waals surface area contributed by atoms with Crippen LogP contribution in [0.3, 0.4) is 0 Å². The molecule has 5 heteroatoms. The first kappa shape index (κ1) is 24.6. The van der Waals surface area contributed by atoms with E-state index in [0.29, 0.717) is 12.1 Å². The maximum Gasteiger partial charge on any atom is 0.182 e. The van der Waals surface area contributed by atoms with Crippen molar-refractivity contribution >= 4 is 5.69 Å². The fourth-order valence-electron chi connectivity index (χ4n) is 4.08. The van der Waals surface area contributed by atoms with E-state index < -0.39 is 17.5 Å². The molecule has 4 rings (SSSR count). The topological polar surface area (TPSA) is 38.0 Å². The predicted octanol–water partition coefficient (Wildman–Crippen LogP) is 8.34. The molecule has 0 heterocycles. The van der Waals surface area contributed by atoms with Crippen LogP contribution in [0.5, 0.6) is 0 Å². The summed E-state index contributed by atoms with van der Waals surface area (Å²) in [6.07, 6.45) is 1.66. The van der Waals surface area contributed by atoms with Gasteiger partial charge in [0.1, 0.15) is 5.82 Å².